The van der Waals surface area contributed by atoms with Crippen molar-refractivity contribution in [1.82, 2.24) is 9.38 Å². The number of fused-ring (bicyclic) bond motifs is 1. The monoisotopic (exact) mass is 366 g/mol. The lowest BCUT2D eigenvalue weighted by atomic mass is 10.1. The third kappa shape index (κ3) is 2.22. The average molecular weight is 367 g/mol. The van der Waals surface area contributed by atoms with Crippen molar-refractivity contribution in [2.45, 2.75) is 0 Å². The van der Waals surface area contributed by atoms with Crippen molar-refractivity contribution in [3.8, 4) is 22.8 Å². The van der Waals surface area contributed by atoms with E-state index >= 15 is 0 Å². The number of hydrogen-bond acceptors (Lipinski definition) is 5. The van der Waals surface area contributed by atoms with Gasteiger partial charge < -0.3 is 9.47 Å². The molecule has 108 valence electrons. The highest BCUT2D eigenvalue weighted by atomic mass is 79.9. The summed E-state index contributed by atoms with van der Waals surface area (Å²) >= 11 is 4.89. The van der Waals surface area contributed by atoms with Crippen molar-refractivity contribution >= 4 is 38.5 Å². The molecule has 3 aromatic rings. The van der Waals surface area contributed by atoms with Gasteiger partial charge >= 0.3 is 0 Å². The van der Waals surface area contributed by atoms with E-state index in [0.29, 0.717) is 22.9 Å². The highest BCUT2D eigenvalue weighted by Gasteiger charge is 2.19. The number of aldehydes is 1. The average Bonchev–Trinajstić information content (AvgIpc) is 3.07. The fourth-order valence-electron chi connectivity index (χ4n) is 2.16. The normalized spacial score (nSPS) is 10.8. The summed E-state index contributed by atoms with van der Waals surface area (Å²) in [6.07, 6.45) is 2.62. The van der Waals surface area contributed by atoms with Gasteiger partial charge in [-0.25, -0.2) is 4.98 Å². The van der Waals surface area contributed by atoms with E-state index in [9.17, 15) is 4.79 Å². The van der Waals surface area contributed by atoms with Gasteiger partial charge in [0.25, 0.3) is 0 Å². The SMILES string of the molecule is COc1cc(-c2nc3sccn3c2C=O)c(OC)cc1Br. The second kappa shape index (κ2) is 5.50. The Morgan fingerprint density at radius 2 is 2.05 bits per heavy atom. The second-order valence-corrected chi connectivity index (χ2v) is 5.93. The Labute approximate surface area is 133 Å². The first kappa shape index (κ1) is 14.1. The number of benzene rings is 1. The van der Waals surface area contributed by atoms with Crippen molar-refractivity contribution in [2.24, 2.45) is 0 Å². The van der Waals surface area contributed by atoms with Gasteiger partial charge in [-0.05, 0) is 28.1 Å². The van der Waals surface area contributed by atoms with Crippen LogP contribution in [0.5, 0.6) is 11.5 Å². The van der Waals surface area contributed by atoms with Gasteiger partial charge in [0, 0.05) is 17.1 Å². The van der Waals surface area contributed by atoms with Crippen molar-refractivity contribution in [3.63, 3.8) is 0 Å². The zero-order chi connectivity index (χ0) is 15.0. The molecule has 2 aromatic heterocycles. The van der Waals surface area contributed by atoms with E-state index in [1.807, 2.05) is 17.6 Å². The molecule has 0 unspecified atom stereocenters. The Hall–Kier alpha value is -1.86. The van der Waals surface area contributed by atoms with Crippen LogP contribution in [0.3, 0.4) is 0 Å². The third-order valence-corrected chi connectivity index (χ3v) is 4.52. The van der Waals surface area contributed by atoms with Gasteiger partial charge in [0.1, 0.15) is 22.9 Å². The van der Waals surface area contributed by atoms with Crippen molar-refractivity contribution < 1.29 is 14.3 Å². The molecular weight excluding hydrogens is 356 g/mol. The summed E-state index contributed by atoms with van der Waals surface area (Å²) in [6, 6.07) is 3.61. The topological polar surface area (TPSA) is 52.8 Å². The zero-order valence-electron chi connectivity index (χ0n) is 11.3. The molecule has 0 N–H and O–H groups in total. The van der Waals surface area contributed by atoms with E-state index in [1.165, 1.54) is 11.3 Å². The van der Waals surface area contributed by atoms with Gasteiger partial charge in [0.15, 0.2) is 11.2 Å². The van der Waals surface area contributed by atoms with Crippen LogP contribution in [0, 0.1) is 0 Å². The third-order valence-electron chi connectivity index (χ3n) is 3.14. The molecule has 0 aliphatic carbocycles. The molecule has 1 aromatic carbocycles. The number of imidazole rings is 1. The van der Waals surface area contributed by atoms with Crippen LogP contribution >= 0.6 is 27.3 Å². The van der Waals surface area contributed by atoms with Crippen LogP contribution in [0.25, 0.3) is 16.2 Å². The molecule has 3 rings (SSSR count). The summed E-state index contributed by atoms with van der Waals surface area (Å²) in [5.41, 5.74) is 1.80. The smallest absolute Gasteiger partial charge is 0.194 e. The molecule has 0 saturated heterocycles. The van der Waals surface area contributed by atoms with Gasteiger partial charge in [-0.2, -0.15) is 0 Å². The largest absolute Gasteiger partial charge is 0.496 e. The van der Waals surface area contributed by atoms with E-state index < -0.39 is 0 Å². The Bertz CT molecular complexity index is 825. The van der Waals surface area contributed by atoms with Gasteiger partial charge in [-0.1, -0.05) is 0 Å². The summed E-state index contributed by atoms with van der Waals surface area (Å²) in [4.78, 5) is 16.7. The summed E-state index contributed by atoms with van der Waals surface area (Å²) in [5.74, 6) is 1.27. The molecule has 0 amide bonds. The van der Waals surface area contributed by atoms with Crippen LogP contribution in [0.4, 0.5) is 0 Å². The fourth-order valence-corrected chi connectivity index (χ4v) is 3.36. The van der Waals surface area contributed by atoms with Crippen LogP contribution in [0.15, 0.2) is 28.2 Å². The van der Waals surface area contributed by atoms with E-state index in [4.69, 9.17) is 9.47 Å². The van der Waals surface area contributed by atoms with E-state index in [0.717, 1.165) is 21.3 Å². The number of nitrogens with zero attached hydrogens (tertiary/aromatic N) is 2. The minimum atomic E-state index is 0.494. The van der Waals surface area contributed by atoms with Crippen molar-refractivity contribution in [2.75, 3.05) is 14.2 Å². The van der Waals surface area contributed by atoms with E-state index in [2.05, 4.69) is 20.9 Å². The maximum Gasteiger partial charge on any atom is 0.194 e. The standard InChI is InChI=1S/C14H11BrN2O3S/c1-19-11-6-9(15)12(20-2)5-8(11)13-10(7-18)17-3-4-21-14(17)16-13/h3-7H,1-2H3. The first-order valence-electron chi connectivity index (χ1n) is 6.02. The number of ether oxygens (including phenoxy) is 2. The first-order valence-corrected chi connectivity index (χ1v) is 7.69. The predicted molar refractivity (Wildman–Crippen MR) is 84.7 cm³/mol. The fraction of sp³-hybridized carbons (Fsp3) is 0.143. The number of methoxy groups -OCH3 is 2. The number of thiazole rings is 1. The molecule has 2 heterocycles. The molecule has 0 bridgehead atoms. The number of rotatable bonds is 4. The van der Waals surface area contributed by atoms with Crippen molar-refractivity contribution in [1.29, 1.82) is 0 Å². The Balaban J connectivity index is 2.30. The first-order chi connectivity index (χ1) is 10.2. The van der Waals surface area contributed by atoms with Gasteiger partial charge in [0.05, 0.1) is 18.7 Å². The number of hydrogen-bond donors (Lipinski definition) is 0. The molecule has 0 fully saturated rings. The highest BCUT2D eigenvalue weighted by molar-refractivity contribution is 9.10. The zero-order valence-corrected chi connectivity index (χ0v) is 13.7. The minimum absolute atomic E-state index is 0.494. The summed E-state index contributed by atoms with van der Waals surface area (Å²) in [6.45, 7) is 0. The van der Waals surface area contributed by atoms with Gasteiger partial charge in [0.2, 0.25) is 0 Å². The highest BCUT2D eigenvalue weighted by Crippen LogP contribution is 2.39. The Morgan fingerprint density at radius 1 is 1.29 bits per heavy atom. The second-order valence-electron chi connectivity index (χ2n) is 4.21. The lowest BCUT2D eigenvalue weighted by Gasteiger charge is -2.11. The maximum atomic E-state index is 11.5. The summed E-state index contributed by atoms with van der Waals surface area (Å²) < 4.78 is 13.3. The van der Waals surface area contributed by atoms with Crippen LogP contribution in [-0.4, -0.2) is 29.9 Å². The van der Waals surface area contributed by atoms with Crippen LogP contribution in [0.1, 0.15) is 10.5 Å². The minimum Gasteiger partial charge on any atom is -0.496 e. The number of halogens is 1. The molecule has 5 nitrogen and oxygen atoms in total. The number of aromatic nitrogens is 2. The summed E-state index contributed by atoms with van der Waals surface area (Å²) in [5, 5.41) is 1.89. The molecule has 7 heteroatoms. The summed E-state index contributed by atoms with van der Waals surface area (Å²) in [7, 11) is 3.17. The molecule has 0 spiro atoms. The molecule has 0 radical (unpaired) electrons. The van der Waals surface area contributed by atoms with Crippen molar-refractivity contribution in [3.05, 3.63) is 33.9 Å². The quantitative estimate of drug-likeness (QED) is 0.661. The molecule has 21 heavy (non-hydrogen) atoms. The predicted octanol–water partition coefficient (Wildman–Crippen LogP) is 3.66. The van der Waals surface area contributed by atoms with Crippen LogP contribution in [-0.2, 0) is 0 Å². The van der Waals surface area contributed by atoms with Crippen LogP contribution < -0.4 is 9.47 Å². The number of carbonyl (C=O) groups excluding carboxylic acids is 1. The molecule has 0 aliphatic rings. The van der Waals surface area contributed by atoms with Crippen LogP contribution in [0.2, 0.25) is 0 Å². The Morgan fingerprint density at radius 3 is 2.71 bits per heavy atom. The lowest BCUT2D eigenvalue weighted by molar-refractivity contribution is 0.111. The lowest BCUT2D eigenvalue weighted by Crippen LogP contribution is -1.95. The molecule has 0 saturated carbocycles. The molecule has 0 atom stereocenters. The Kier molecular flexibility index (Phi) is 3.69. The van der Waals surface area contributed by atoms with Gasteiger partial charge in [-0.15, -0.1) is 11.3 Å². The van der Waals surface area contributed by atoms with E-state index in [-0.39, 0.29) is 0 Å². The van der Waals surface area contributed by atoms with E-state index in [1.54, 1.807) is 24.7 Å². The molecular formula is C14H11BrN2O3S. The maximum absolute atomic E-state index is 11.5. The number of carbonyl (C=O) groups is 1. The van der Waals surface area contributed by atoms with Gasteiger partial charge in [-0.3, -0.25) is 9.20 Å². The molecule has 0 aliphatic heterocycles.